The molecule has 0 atom stereocenters. The molecule has 1 radical (unpaired) electrons. The molecule has 0 saturated carbocycles. The minimum atomic E-state index is 0.469. The Labute approximate surface area is 119 Å². The minimum Gasteiger partial charge on any atom is -0.366 e. The fourth-order valence-electron chi connectivity index (χ4n) is 3.33. The number of benzene rings is 1. The van der Waals surface area contributed by atoms with Crippen LogP contribution in [0.5, 0.6) is 0 Å². The number of hydrogen-bond donors (Lipinski definition) is 1. The molecule has 2 fully saturated rings. The number of hydrazine groups is 1. The predicted octanol–water partition coefficient (Wildman–Crippen LogP) is 1.85. The van der Waals surface area contributed by atoms with E-state index in [2.05, 4.69) is 16.2 Å². The largest absolute Gasteiger partial charge is 0.366 e. The topological polar surface area (TPSA) is 52.6 Å². The fraction of sp³-hybridized carbons (Fsp3) is 0.533. The molecule has 0 bridgehead atoms. The van der Waals surface area contributed by atoms with Gasteiger partial charge in [-0.1, -0.05) is 12.1 Å². The number of likely N-dealkylation sites (tertiary alicyclic amines) is 1. The molecule has 0 unspecified atom stereocenters. The van der Waals surface area contributed by atoms with Gasteiger partial charge in [0.2, 0.25) is 0 Å². The summed E-state index contributed by atoms with van der Waals surface area (Å²) in [6.45, 7) is 4.33. The standard InChI is InChI=1S/C15H22N4O/c16-19(20)15-6-2-1-5-14(15)18-11-7-13(8-12-18)17-9-3-4-10-17/h1-3,5-6,13H,4,7-12H2,(H2,16,20)/q+1. The van der Waals surface area contributed by atoms with Crippen molar-refractivity contribution in [1.29, 1.82) is 0 Å². The molecule has 2 aliphatic rings. The zero-order chi connectivity index (χ0) is 13.9. The maximum atomic E-state index is 11.4. The summed E-state index contributed by atoms with van der Waals surface area (Å²) in [5, 5.41) is 0. The van der Waals surface area contributed by atoms with Gasteiger partial charge in [0.25, 0.3) is 0 Å². The molecule has 0 aliphatic carbocycles. The van der Waals surface area contributed by atoms with Gasteiger partial charge in [0.15, 0.2) is 4.87 Å². The SMILES string of the molecule is N[N+](=O)c1ccccc1N1CCC(N2C[CH]CC2)CC1. The smallest absolute Gasteiger partial charge is 0.314 e. The molecule has 20 heavy (non-hydrogen) atoms. The highest BCUT2D eigenvalue weighted by atomic mass is 16.3. The molecule has 2 N–H and O–H groups in total. The summed E-state index contributed by atoms with van der Waals surface area (Å²) in [5.41, 5.74) is 1.51. The number of anilines is 1. The van der Waals surface area contributed by atoms with Crippen molar-refractivity contribution in [3.63, 3.8) is 0 Å². The third kappa shape index (κ3) is 2.63. The summed E-state index contributed by atoms with van der Waals surface area (Å²) in [6.07, 6.45) is 5.91. The Morgan fingerprint density at radius 1 is 1.15 bits per heavy atom. The number of hydrogen-bond acceptors (Lipinski definition) is 3. The first-order valence-corrected chi connectivity index (χ1v) is 7.37. The fourth-order valence-corrected chi connectivity index (χ4v) is 3.33. The van der Waals surface area contributed by atoms with Crippen LogP contribution in [0.25, 0.3) is 0 Å². The maximum absolute atomic E-state index is 11.4. The van der Waals surface area contributed by atoms with Gasteiger partial charge in [0.1, 0.15) is 5.69 Å². The monoisotopic (exact) mass is 274 g/mol. The van der Waals surface area contributed by atoms with Crippen molar-refractivity contribution < 1.29 is 4.87 Å². The lowest BCUT2D eigenvalue weighted by atomic mass is 10.0. The van der Waals surface area contributed by atoms with E-state index in [1.54, 1.807) is 6.07 Å². The van der Waals surface area contributed by atoms with E-state index in [0.717, 1.165) is 38.2 Å². The van der Waals surface area contributed by atoms with Gasteiger partial charge in [-0.15, -0.1) is 0 Å². The Bertz CT molecular complexity index is 477. The second kappa shape index (κ2) is 5.79. The Morgan fingerprint density at radius 3 is 2.55 bits per heavy atom. The molecule has 2 saturated heterocycles. The minimum absolute atomic E-state index is 0.469. The van der Waals surface area contributed by atoms with Crippen molar-refractivity contribution in [1.82, 2.24) is 4.90 Å². The number of para-hydroxylation sites is 2. The first-order valence-electron chi connectivity index (χ1n) is 7.37. The molecule has 107 valence electrons. The van der Waals surface area contributed by atoms with Crippen LogP contribution in [0.4, 0.5) is 11.4 Å². The van der Waals surface area contributed by atoms with Crippen LogP contribution < -0.4 is 10.7 Å². The van der Waals surface area contributed by atoms with E-state index in [1.165, 1.54) is 13.0 Å². The molecule has 5 heteroatoms. The highest BCUT2D eigenvalue weighted by Gasteiger charge is 2.29. The Kier molecular flexibility index (Phi) is 3.87. The molecule has 2 heterocycles. The molecule has 3 rings (SSSR count). The van der Waals surface area contributed by atoms with E-state index in [-0.39, 0.29) is 0 Å². The molecule has 1 aromatic rings. The lowest BCUT2D eigenvalue weighted by Crippen LogP contribution is -2.44. The van der Waals surface area contributed by atoms with Crippen LogP contribution in [0.15, 0.2) is 24.3 Å². The van der Waals surface area contributed by atoms with Crippen LogP contribution >= 0.6 is 0 Å². The van der Waals surface area contributed by atoms with Gasteiger partial charge >= 0.3 is 5.69 Å². The molecular formula is C15H22N4O+. The van der Waals surface area contributed by atoms with Gasteiger partial charge in [-0.3, -0.25) is 4.90 Å². The molecular weight excluding hydrogens is 252 g/mol. The van der Waals surface area contributed by atoms with Crippen molar-refractivity contribution in [2.24, 2.45) is 5.84 Å². The average Bonchev–Trinajstić information content (AvgIpc) is 3.02. The Morgan fingerprint density at radius 2 is 1.90 bits per heavy atom. The summed E-state index contributed by atoms with van der Waals surface area (Å²) in [6, 6.07) is 8.27. The van der Waals surface area contributed by atoms with Crippen LogP contribution in [0.1, 0.15) is 19.3 Å². The highest BCUT2D eigenvalue weighted by molar-refractivity contribution is 5.63. The summed E-state index contributed by atoms with van der Waals surface area (Å²) in [5.74, 6) is 5.39. The van der Waals surface area contributed by atoms with Gasteiger partial charge in [-0.2, -0.15) is 5.84 Å². The van der Waals surface area contributed by atoms with Crippen molar-refractivity contribution in [2.75, 3.05) is 31.1 Å². The van der Waals surface area contributed by atoms with E-state index in [9.17, 15) is 4.91 Å². The van der Waals surface area contributed by atoms with Gasteiger partial charge in [0, 0.05) is 31.7 Å². The highest BCUT2D eigenvalue weighted by Crippen LogP contribution is 2.30. The van der Waals surface area contributed by atoms with Crippen molar-refractivity contribution in [2.45, 2.75) is 25.3 Å². The second-order valence-corrected chi connectivity index (χ2v) is 5.61. The third-order valence-corrected chi connectivity index (χ3v) is 4.42. The van der Waals surface area contributed by atoms with E-state index >= 15 is 0 Å². The summed E-state index contributed by atoms with van der Waals surface area (Å²) in [7, 11) is 0. The predicted molar refractivity (Wildman–Crippen MR) is 79.6 cm³/mol. The van der Waals surface area contributed by atoms with Crippen LogP contribution in [-0.4, -0.2) is 42.0 Å². The van der Waals surface area contributed by atoms with Crippen molar-refractivity contribution in [3.05, 3.63) is 35.6 Å². The maximum Gasteiger partial charge on any atom is 0.314 e. The third-order valence-electron chi connectivity index (χ3n) is 4.42. The van der Waals surface area contributed by atoms with E-state index in [4.69, 9.17) is 5.84 Å². The normalized spacial score (nSPS) is 21.3. The van der Waals surface area contributed by atoms with E-state index < -0.39 is 0 Å². The average molecular weight is 274 g/mol. The quantitative estimate of drug-likeness (QED) is 0.519. The van der Waals surface area contributed by atoms with Crippen LogP contribution in [-0.2, 0) is 0 Å². The molecule has 0 amide bonds. The van der Waals surface area contributed by atoms with Crippen LogP contribution in [0.3, 0.4) is 0 Å². The van der Waals surface area contributed by atoms with Crippen molar-refractivity contribution in [3.8, 4) is 0 Å². The molecule has 0 spiro atoms. The molecule has 2 aliphatic heterocycles. The summed E-state index contributed by atoms with van der Waals surface area (Å²) >= 11 is 0. The van der Waals surface area contributed by atoms with Crippen LogP contribution in [0.2, 0.25) is 0 Å². The van der Waals surface area contributed by atoms with E-state index in [0.29, 0.717) is 16.6 Å². The first kappa shape index (κ1) is 13.4. The molecule has 5 nitrogen and oxygen atoms in total. The molecule has 1 aromatic carbocycles. The number of rotatable bonds is 3. The van der Waals surface area contributed by atoms with Crippen molar-refractivity contribution >= 4 is 11.4 Å². The second-order valence-electron chi connectivity index (χ2n) is 5.61. The first-order chi connectivity index (χ1) is 9.75. The van der Waals surface area contributed by atoms with Gasteiger partial charge in [0.05, 0.1) is 4.91 Å². The lowest BCUT2D eigenvalue weighted by Gasteiger charge is -2.37. The lowest BCUT2D eigenvalue weighted by molar-refractivity contribution is -0.474. The zero-order valence-electron chi connectivity index (χ0n) is 11.7. The summed E-state index contributed by atoms with van der Waals surface area (Å²) < 4.78 is 0. The van der Waals surface area contributed by atoms with Gasteiger partial charge < -0.3 is 4.90 Å². The van der Waals surface area contributed by atoms with Gasteiger partial charge in [-0.05, 0) is 38.3 Å². The Balaban J connectivity index is 1.67. The number of nitroso groups, excluding NO2 is 1. The zero-order valence-corrected chi connectivity index (χ0v) is 11.7. The van der Waals surface area contributed by atoms with Gasteiger partial charge in [-0.25, -0.2) is 0 Å². The number of nitrogens with two attached hydrogens (primary N) is 1. The molecule has 0 aromatic heterocycles. The number of nitrogens with zero attached hydrogens (tertiary/aromatic N) is 3. The number of piperidine rings is 1. The summed E-state index contributed by atoms with van der Waals surface area (Å²) in [4.78, 5) is 16.8. The van der Waals surface area contributed by atoms with E-state index in [1.807, 2.05) is 18.2 Å². The van der Waals surface area contributed by atoms with Crippen LogP contribution in [0, 0.1) is 11.3 Å². The Hall–Kier alpha value is -1.62.